The van der Waals surface area contributed by atoms with Crippen molar-refractivity contribution in [3.63, 3.8) is 0 Å². The van der Waals surface area contributed by atoms with Crippen molar-refractivity contribution in [2.24, 2.45) is 5.92 Å². The van der Waals surface area contributed by atoms with Gasteiger partial charge in [-0.3, -0.25) is 4.79 Å². The minimum absolute atomic E-state index is 0.147. The molecule has 0 aromatic carbocycles. The Hall–Kier alpha value is -0.900. The van der Waals surface area contributed by atoms with Crippen molar-refractivity contribution in [3.05, 3.63) is 16.1 Å². The van der Waals surface area contributed by atoms with Gasteiger partial charge >= 0.3 is 0 Å². The summed E-state index contributed by atoms with van der Waals surface area (Å²) >= 11 is 1.65. The molecule has 1 aromatic heterocycles. The maximum atomic E-state index is 11.5. The fourth-order valence-corrected chi connectivity index (χ4v) is 2.59. The molecule has 0 radical (unpaired) electrons. The molecule has 0 bridgehead atoms. The lowest BCUT2D eigenvalue weighted by Crippen LogP contribution is -2.37. The van der Waals surface area contributed by atoms with E-state index < -0.39 is 0 Å². The van der Waals surface area contributed by atoms with Crippen molar-refractivity contribution in [1.82, 2.24) is 10.3 Å². The Morgan fingerprint density at radius 3 is 3.21 bits per heavy atom. The molecular formula is C10H14N2OS. The molecule has 0 spiro atoms. The third-order valence-electron chi connectivity index (χ3n) is 2.49. The van der Waals surface area contributed by atoms with Crippen molar-refractivity contribution in [2.75, 3.05) is 6.54 Å². The zero-order valence-corrected chi connectivity index (χ0v) is 9.06. The molecule has 1 N–H and O–H groups in total. The molecule has 1 fully saturated rings. The van der Waals surface area contributed by atoms with Crippen LogP contribution < -0.4 is 5.32 Å². The molecule has 14 heavy (non-hydrogen) atoms. The zero-order chi connectivity index (χ0) is 9.97. The number of nitrogens with zero attached hydrogens (tertiary/aromatic N) is 1. The SMILES string of the molecule is Cc1csc(CC2CCCNC2=O)n1. The van der Waals surface area contributed by atoms with E-state index in [0.717, 1.165) is 36.5 Å². The third-order valence-corrected chi connectivity index (χ3v) is 3.48. The first-order chi connectivity index (χ1) is 6.75. The fourth-order valence-electron chi connectivity index (χ4n) is 1.74. The maximum absolute atomic E-state index is 11.5. The van der Waals surface area contributed by atoms with Gasteiger partial charge in [-0.15, -0.1) is 11.3 Å². The molecule has 0 aliphatic carbocycles. The first-order valence-electron chi connectivity index (χ1n) is 4.94. The van der Waals surface area contributed by atoms with E-state index in [9.17, 15) is 4.79 Å². The van der Waals surface area contributed by atoms with Crippen LogP contribution >= 0.6 is 11.3 Å². The van der Waals surface area contributed by atoms with Crippen LogP contribution in [0.2, 0.25) is 0 Å². The molecule has 1 amide bonds. The molecule has 2 rings (SSSR count). The summed E-state index contributed by atoms with van der Waals surface area (Å²) < 4.78 is 0. The second-order valence-electron chi connectivity index (χ2n) is 3.72. The lowest BCUT2D eigenvalue weighted by atomic mass is 9.96. The molecule has 4 heteroatoms. The number of aromatic nitrogens is 1. The Labute approximate surface area is 87.6 Å². The van der Waals surface area contributed by atoms with Crippen LogP contribution in [0.1, 0.15) is 23.5 Å². The number of thiazole rings is 1. The first-order valence-corrected chi connectivity index (χ1v) is 5.82. The highest BCUT2D eigenvalue weighted by atomic mass is 32.1. The summed E-state index contributed by atoms with van der Waals surface area (Å²) in [6, 6.07) is 0. The highest BCUT2D eigenvalue weighted by Gasteiger charge is 2.22. The lowest BCUT2D eigenvalue weighted by Gasteiger charge is -2.20. The molecule has 1 aliphatic heterocycles. The van der Waals surface area contributed by atoms with Crippen LogP contribution in [0.15, 0.2) is 5.38 Å². The van der Waals surface area contributed by atoms with Crippen LogP contribution in [0.4, 0.5) is 0 Å². The van der Waals surface area contributed by atoms with Gasteiger partial charge in [-0.2, -0.15) is 0 Å². The first kappa shape index (κ1) is 9.65. The van der Waals surface area contributed by atoms with Gasteiger partial charge in [0.1, 0.15) is 0 Å². The summed E-state index contributed by atoms with van der Waals surface area (Å²) in [6.45, 7) is 2.83. The summed E-state index contributed by atoms with van der Waals surface area (Å²) in [6.07, 6.45) is 2.91. The van der Waals surface area contributed by atoms with Gasteiger partial charge in [0.25, 0.3) is 0 Å². The maximum Gasteiger partial charge on any atom is 0.223 e. The summed E-state index contributed by atoms with van der Waals surface area (Å²) in [5, 5.41) is 6.02. The highest BCUT2D eigenvalue weighted by Crippen LogP contribution is 2.19. The standard InChI is InChI=1S/C10H14N2OS/c1-7-6-14-9(12-7)5-8-3-2-4-11-10(8)13/h6,8H,2-5H2,1H3,(H,11,13). The molecular weight excluding hydrogens is 196 g/mol. The van der Waals surface area contributed by atoms with Crippen LogP contribution in [-0.2, 0) is 11.2 Å². The highest BCUT2D eigenvalue weighted by molar-refractivity contribution is 7.09. The molecule has 76 valence electrons. The van der Waals surface area contributed by atoms with Crippen molar-refractivity contribution in [3.8, 4) is 0 Å². The number of carbonyl (C=O) groups excluding carboxylic acids is 1. The number of hydrogen-bond acceptors (Lipinski definition) is 3. The average Bonchev–Trinajstić information content (AvgIpc) is 2.56. The predicted octanol–water partition coefficient (Wildman–Crippen LogP) is 1.52. The van der Waals surface area contributed by atoms with Crippen molar-refractivity contribution >= 4 is 17.2 Å². The Morgan fingerprint density at radius 2 is 2.57 bits per heavy atom. The second-order valence-corrected chi connectivity index (χ2v) is 4.66. The van der Waals surface area contributed by atoms with Crippen LogP contribution in [0.5, 0.6) is 0 Å². The van der Waals surface area contributed by atoms with E-state index in [2.05, 4.69) is 10.3 Å². The van der Waals surface area contributed by atoms with Gasteiger partial charge in [0.15, 0.2) is 0 Å². The van der Waals surface area contributed by atoms with Gasteiger partial charge < -0.3 is 5.32 Å². The monoisotopic (exact) mass is 210 g/mol. The molecule has 1 aliphatic rings. The summed E-state index contributed by atoms with van der Waals surface area (Å²) in [5.41, 5.74) is 1.06. The molecule has 0 saturated carbocycles. The number of carbonyl (C=O) groups is 1. The fraction of sp³-hybridized carbons (Fsp3) is 0.600. The normalized spacial score (nSPS) is 22.1. The van der Waals surface area contributed by atoms with Gasteiger partial charge in [-0.25, -0.2) is 4.98 Å². The molecule has 1 saturated heterocycles. The quantitative estimate of drug-likeness (QED) is 0.804. The van der Waals surface area contributed by atoms with Crippen LogP contribution in [0, 0.1) is 12.8 Å². The average molecular weight is 210 g/mol. The van der Waals surface area contributed by atoms with Crippen molar-refractivity contribution < 1.29 is 4.79 Å². The van der Waals surface area contributed by atoms with E-state index in [0.29, 0.717) is 0 Å². The lowest BCUT2D eigenvalue weighted by molar-refractivity contribution is -0.126. The molecule has 2 heterocycles. The number of rotatable bonds is 2. The molecule has 3 nitrogen and oxygen atoms in total. The van der Waals surface area contributed by atoms with Crippen LogP contribution in [0.3, 0.4) is 0 Å². The van der Waals surface area contributed by atoms with Gasteiger partial charge in [0, 0.05) is 30.0 Å². The largest absolute Gasteiger partial charge is 0.356 e. The number of aryl methyl sites for hydroxylation is 1. The van der Waals surface area contributed by atoms with Crippen LogP contribution in [0.25, 0.3) is 0 Å². The van der Waals surface area contributed by atoms with Crippen molar-refractivity contribution in [2.45, 2.75) is 26.2 Å². The summed E-state index contributed by atoms with van der Waals surface area (Å²) in [5.74, 6) is 0.346. The predicted molar refractivity (Wildman–Crippen MR) is 56.3 cm³/mol. The van der Waals surface area contributed by atoms with E-state index in [1.54, 1.807) is 11.3 Å². The Balaban J connectivity index is 1.99. The van der Waals surface area contributed by atoms with E-state index in [1.165, 1.54) is 0 Å². The van der Waals surface area contributed by atoms with E-state index >= 15 is 0 Å². The Bertz CT molecular complexity index is 335. The minimum atomic E-state index is 0.147. The number of nitrogens with one attached hydrogen (secondary N) is 1. The number of hydrogen-bond donors (Lipinski definition) is 1. The smallest absolute Gasteiger partial charge is 0.223 e. The Kier molecular flexibility index (Phi) is 2.82. The zero-order valence-electron chi connectivity index (χ0n) is 8.25. The summed E-state index contributed by atoms with van der Waals surface area (Å²) in [7, 11) is 0. The third kappa shape index (κ3) is 2.12. The van der Waals surface area contributed by atoms with E-state index in [-0.39, 0.29) is 11.8 Å². The van der Waals surface area contributed by atoms with Gasteiger partial charge in [0.2, 0.25) is 5.91 Å². The number of piperidine rings is 1. The van der Waals surface area contributed by atoms with Gasteiger partial charge in [0.05, 0.1) is 5.01 Å². The van der Waals surface area contributed by atoms with Crippen LogP contribution in [-0.4, -0.2) is 17.4 Å². The minimum Gasteiger partial charge on any atom is -0.356 e. The van der Waals surface area contributed by atoms with Gasteiger partial charge in [-0.1, -0.05) is 0 Å². The van der Waals surface area contributed by atoms with E-state index in [1.807, 2.05) is 12.3 Å². The summed E-state index contributed by atoms with van der Waals surface area (Å²) in [4.78, 5) is 15.8. The Morgan fingerprint density at radius 1 is 1.71 bits per heavy atom. The topological polar surface area (TPSA) is 42.0 Å². The van der Waals surface area contributed by atoms with E-state index in [4.69, 9.17) is 0 Å². The second kappa shape index (κ2) is 4.09. The van der Waals surface area contributed by atoms with Crippen molar-refractivity contribution in [1.29, 1.82) is 0 Å². The molecule has 1 aromatic rings. The van der Waals surface area contributed by atoms with Gasteiger partial charge in [-0.05, 0) is 19.8 Å². The number of amides is 1. The molecule has 1 unspecified atom stereocenters. The molecule has 1 atom stereocenters.